The molecule has 29 heavy (non-hydrogen) atoms. The van der Waals surface area contributed by atoms with Crippen LogP contribution >= 0.6 is 7.60 Å². The van der Waals surface area contributed by atoms with E-state index in [1.807, 2.05) is 32.3 Å². The highest BCUT2D eigenvalue weighted by atomic mass is 31.2. The Labute approximate surface area is 172 Å². The Kier molecular flexibility index (Phi) is 8.39. The fraction of sp³-hybridized carbons (Fsp3) is 0.722. The van der Waals surface area contributed by atoms with Crippen LogP contribution < -0.4 is 10.6 Å². The van der Waals surface area contributed by atoms with Crippen molar-refractivity contribution >= 4 is 30.5 Å². The number of ether oxygens (including phenoxy) is 1. The molecule has 0 aliphatic heterocycles. The Morgan fingerprint density at radius 3 is 2.31 bits per heavy atom. The van der Waals surface area contributed by atoms with Gasteiger partial charge in [0.15, 0.2) is 17.0 Å². The molecule has 2 heterocycles. The summed E-state index contributed by atoms with van der Waals surface area (Å²) in [5.41, 5.74) is 7.25. The van der Waals surface area contributed by atoms with Crippen molar-refractivity contribution in [1.29, 1.82) is 0 Å². The fourth-order valence-corrected chi connectivity index (χ4v) is 4.73. The molecular formula is C18H33N6O4P. The van der Waals surface area contributed by atoms with Gasteiger partial charge in [-0.1, -0.05) is 0 Å². The lowest BCUT2D eigenvalue weighted by Gasteiger charge is -2.22. The first-order chi connectivity index (χ1) is 13.7. The molecule has 0 aromatic carbocycles. The molecule has 2 aromatic heterocycles. The second-order valence-corrected chi connectivity index (χ2v) is 9.05. The smallest absolute Gasteiger partial charge is 0.356 e. The molecule has 0 amide bonds. The SMILES string of the molecule is CCN(CC)c1nc(N)nc2c1ncn2CCOCP(=O)(OC(C)C)OC(C)C. The van der Waals surface area contributed by atoms with Crippen molar-refractivity contribution < 1.29 is 18.3 Å². The first-order valence-corrected chi connectivity index (χ1v) is 11.7. The maximum atomic E-state index is 12.8. The highest BCUT2D eigenvalue weighted by Gasteiger charge is 2.28. The molecule has 0 unspecified atom stereocenters. The van der Waals surface area contributed by atoms with Gasteiger partial charge in [-0.15, -0.1) is 0 Å². The summed E-state index contributed by atoms with van der Waals surface area (Å²) in [7, 11) is -3.32. The van der Waals surface area contributed by atoms with Gasteiger partial charge in [-0.25, -0.2) is 4.98 Å². The van der Waals surface area contributed by atoms with E-state index in [4.69, 9.17) is 19.5 Å². The van der Waals surface area contributed by atoms with Crippen LogP contribution in [0.25, 0.3) is 11.2 Å². The zero-order chi connectivity index (χ0) is 21.6. The number of aromatic nitrogens is 4. The third-order valence-corrected chi connectivity index (χ3v) is 5.98. The fourth-order valence-electron chi connectivity index (χ4n) is 2.92. The van der Waals surface area contributed by atoms with Gasteiger partial charge < -0.3 is 29.0 Å². The number of nitrogen functional groups attached to an aromatic ring is 1. The summed E-state index contributed by atoms with van der Waals surface area (Å²) in [5, 5.41) is 0. The van der Waals surface area contributed by atoms with Gasteiger partial charge in [0.1, 0.15) is 6.35 Å². The predicted octanol–water partition coefficient (Wildman–Crippen LogP) is 3.27. The Morgan fingerprint density at radius 2 is 1.76 bits per heavy atom. The average molecular weight is 428 g/mol. The Balaban J connectivity index is 2.08. The molecule has 10 nitrogen and oxygen atoms in total. The number of imidazole rings is 1. The van der Waals surface area contributed by atoms with E-state index in [1.165, 1.54) is 0 Å². The second-order valence-electron chi connectivity index (χ2n) is 7.14. The zero-order valence-corrected chi connectivity index (χ0v) is 19.1. The van der Waals surface area contributed by atoms with Crippen molar-refractivity contribution in [2.45, 2.75) is 60.3 Å². The Hall–Kier alpha value is -1.74. The van der Waals surface area contributed by atoms with Crippen LogP contribution in [0.2, 0.25) is 0 Å². The molecule has 0 saturated heterocycles. The largest absolute Gasteiger partial charge is 0.368 e. The number of nitrogens with two attached hydrogens (primary N) is 1. The van der Waals surface area contributed by atoms with Crippen LogP contribution in [0.15, 0.2) is 6.33 Å². The van der Waals surface area contributed by atoms with Crippen molar-refractivity contribution in [3.63, 3.8) is 0 Å². The van der Waals surface area contributed by atoms with Crippen molar-refractivity contribution in [2.24, 2.45) is 0 Å². The summed E-state index contributed by atoms with van der Waals surface area (Å²) in [6.45, 7) is 13.7. The van der Waals surface area contributed by atoms with Gasteiger partial charge in [-0.05, 0) is 41.5 Å². The number of nitrogens with zero attached hydrogens (tertiary/aromatic N) is 5. The molecule has 2 aromatic rings. The van der Waals surface area contributed by atoms with E-state index in [1.54, 1.807) is 6.33 Å². The van der Waals surface area contributed by atoms with Gasteiger partial charge in [-0.2, -0.15) is 9.97 Å². The molecule has 0 spiro atoms. The lowest BCUT2D eigenvalue weighted by Crippen LogP contribution is -2.24. The molecule has 0 aliphatic carbocycles. The van der Waals surface area contributed by atoms with E-state index in [0.29, 0.717) is 24.3 Å². The number of rotatable bonds is 12. The minimum Gasteiger partial charge on any atom is -0.368 e. The lowest BCUT2D eigenvalue weighted by molar-refractivity contribution is 0.0961. The number of hydrogen-bond acceptors (Lipinski definition) is 9. The maximum Gasteiger partial charge on any atom is 0.356 e. The lowest BCUT2D eigenvalue weighted by atomic mass is 10.4. The van der Waals surface area contributed by atoms with Crippen LogP contribution in [-0.4, -0.2) is 57.8 Å². The zero-order valence-electron chi connectivity index (χ0n) is 18.2. The minimum atomic E-state index is -3.32. The summed E-state index contributed by atoms with van der Waals surface area (Å²) in [6, 6.07) is 0. The van der Waals surface area contributed by atoms with E-state index in [9.17, 15) is 4.57 Å². The minimum absolute atomic E-state index is 0.113. The molecule has 0 radical (unpaired) electrons. The van der Waals surface area contributed by atoms with E-state index in [0.717, 1.165) is 18.9 Å². The predicted molar refractivity (Wildman–Crippen MR) is 114 cm³/mol. The van der Waals surface area contributed by atoms with Crippen LogP contribution in [0.1, 0.15) is 41.5 Å². The van der Waals surface area contributed by atoms with Crippen LogP contribution in [0.3, 0.4) is 0 Å². The summed E-state index contributed by atoms with van der Waals surface area (Å²) in [4.78, 5) is 15.2. The van der Waals surface area contributed by atoms with Crippen LogP contribution in [-0.2, 0) is 24.9 Å². The second kappa shape index (κ2) is 10.3. The van der Waals surface area contributed by atoms with Crippen molar-refractivity contribution in [3.05, 3.63) is 6.33 Å². The quantitative estimate of drug-likeness (QED) is 0.401. The third-order valence-electron chi connectivity index (χ3n) is 3.99. The number of anilines is 2. The highest BCUT2D eigenvalue weighted by Crippen LogP contribution is 2.50. The molecule has 0 fully saturated rings. The monoisotopic (exact) mass is 428 g/mol. The number of fused-ring (bicyclic) bond motifs is 1. The molecule has 11 heteroatoms. The summed E-state index contributed by atoms with van der Waals surface area (Å²) in [6.07, 6.45) is 1.12. The van der Waals surface area contributed by atoms with Crippen molar-refractivity contribution in [3.8, 4) is 0 Å². The van der Waals surface area contributed by atoms with E-state index in [2.05, 4.69) is 33.7 Å². The first-order valence-electron chi connectivity index (χ1n) is 9.96. The average Bonchev–Trinajstić information content (AvgIpc) is 3.01. The molecule has 0 saturated carbocycles. The Morgan fingerprint density at radius 1 is 1.14 bits per heavy atom. The molecule has 2 N–H and O–H groups in total. The first kappa shape index (κ1) is 23.5. The molecule has 0 atom stereocenters. The van der Waals surface area contributed by atoms with E-state index in [-0.39, 0.29) is 24.5 Å². The molecule has 2 rings (SSSR count). The molecular weight excluding hydrogens is 395 g/mol. The van der Waals surface area contributed by atoms with Crippen LogP contribution in [0.5, 0.6) is 0 Å². The highest BCUT2D eigenvalue weighted by molar-refractivity contribution is 7.53. The number of hydrogen-bond donors (Lipinski definition) is 1. The molecule has 0 bridgehead atoms. The van der Waals surface area contributed by atoms with Gasteiger partial charge >= 0.3 is 7.60 Å². The summed E-state index contributed by atoms with van der Waals surface area (Å²) >= 11 is 0. The molecule has 0 aliphatic rings. The van der Waals surface area contributed by atoms with Gasteiger partial charge in [-0.3, -0.25) is 4.57 Å². The Bertz CT molecular complexity index is 823. The van der Waals surface area contributed by atoms with Gasteiger partial charge in [0, 0.05) is 19.6 Å². The summed E-state index contributed by atoms with van der Waals surface area (Å²) in [5.74, 6) is 0.916. The van der Waals surface area contributed by atoms with Gasteiger partial charge in [0.25, 0.3) is 0 Å². The van der Waals surface area contributed by atoms with Crippen LogP contribution in [0.4, 0.5) is 11.8 Å². The third kappa shape index (κ3) is 6.37. The maximum absolute atomic E-state index is 12.8. The van der Waals surface area contributed by atoms with E-state index >= 15 is 0 Å². The van der Waals surface area contributed by atoms with Gasteiger partial charge in [0.2, 0.25) is 5.95 Å². The van der Waals surface area contributed by atoms with Gasteiger partial charge in [0.05, 0.1) is 25.1 Å². The standard InChI is InChI=1S/C18H33N6O4P/c1-7-23(8-2)16-15-17(22-18(19)21-16)24(11-20-15)9-10-26-12-29(25,27-13(3)4)28-14(5)6/h11,13-14H,7-10,12H2,1-6H3,(H2,19,21,22). The van der Waals surface area contributed by atoms with Crippen molar-refractivity contribution in [2.75, 3.05) is 36.7 Å². The topological polar surface area (TPSA) is 118 Å². The molecule has 164 valence electrons. The van der Waals surface area contributed by atoms with Crippen molar-refractivity contribution in [1.82, 2.24) is 19.5 Å². The normalized spacial score (nSPS) is 12.4. The summed E-state index contributed by atoms with van der Waals surface area (Å²) < 4.78 is 31.2. The van der Waals surface area contributed by atoms with E-state index < -0.39 is 7.60 Å². The van der Waals surface area contributed by atoms with Crippen LogP contribution in [0, 0.1) is 0 Å².